The van der Waals surface area contributed by atoms with E-state index in [-0.39, 0.29) is 0 Å². The maximum Gasteiger partial charge on any atom is 0.180 e. The number of oxazole rings is 1. The second kappa shape index (κ2) is 2.47. The van der Waals surface area contributed by atoms with Gasteiger partial charge in [-0.1, -0.05) is 0 Å². The molecule has 3 heteroatoms. The Morgan fingerprint density at radius 3 is 3.25 bits per heavy atom. The summed E-state index contributed by atoms with van der Waals surface area (Å²) in [5.41, 5.74) is 0.764. The van der Waals surface area contributed by atoms with E-state index in [1.165, 1.54) is 12.7 Å². The van der Waals surface area contributed by atoms with Gasteiger partial charge in [0.25, 0.3) is 0 Å². The summed E-state index contributed by atoms with van der Waals surface area (Å²) in [7, 11) is 3.18. The van der Waals surface area contributed by atoms with E-state index >= 15 is 0 Å². The van der Waals surface area contributed by atoms with Crippen molar-refractivity contribution in [3.8, 4) is 0 Å². The van der Waals surface area contributed by atoms with Gasteiger partial charge in [-0.05, 0) is 0 Å². The third-order valence-electron chi connectivity index (χ3n) is 0.733. The van der Waals surface area contributed by atoms with Gasteiger partial charge in [-0.3, -0.25) is 0 Å². The van der Waals surface area contributed by atoms with Crippen LogP contribution >= 0.6 is 0 Å². The standard InChI is InChI=1S/C5H6NO2/c1-7-2-5-3-8-4-6-5/h3-4H,1-2H2. The van der Waals surface area contributed by atoms with E-state index in [1.54, 1.807) is 0 Å². The Kier molecular flexibility index (Phi) is 1.64. The fourth-order valence-corrected chi connectivity index (χ4v) is 0.413. The van der Waals surface area contributed by atoms with Crippen LogP contribution < -0.4 is 0 Å². The molecule has 0 spiro atoms. The Bertz CT molecular complexity index is 136. The number of rotatable bonds is 2. The normalized spacial score (nSPS) is 9.62. The number of hydrogen-bond donors (Lipinski definition) is 0. The van der Waals surface area contributed by atoms with Crippen LogP contribution in [0.5, 0.6) is 0 Å². The van der Waals surface area contributed by atoms with Crippen molar-refractivity contribution in [2.45, 2.75) is 6.61 Å². The van der Waals surface area contributed by atoms with Gasteiger partial charge in [-0.15, -0.1) is 0 Å². The Morgan fingerprint density at radius 1 is 1.88 bits per heavy atom. The predicted octanol–water partition coefficient (Wildman–Crippen LogP) is 0.983. The molecule has 0 amide bonds. The molecule has 0 saturated heterocycles. The van der Waals surface area contributed by atoms with Gasteiger partial charge in [0.05, 0.1) is 13.7 Å². The summed E-state index contributed by atoms with van der Waals surface area (Å²) in [6.45, 7) is 0.413. The molecule has 1 radical (unpaired) electrons. The Balaban J connectivity index is 2.50. The number of hydrogen-bond acceptors (Lipinski definition) is 3. The highest BCUT2D eigenvalue weighted by Gasteiger charge is 1.90. The molecule has 0 N–H and O–H groups in total. The fraction of sp³-hybridized carbons (Fsp3) is 0.200. The minimum absolute atomic E-state index is 0.413. The van der Waals surface area contributed by atoms with Gasteiger partial charge in [-0.25, -0.2) is 4.98 Å². The molecule has 0 atom stereocenters. The largest absolute Gasteiger partial charge is 0.451 e. The predicted molar refractivity (Wildman–Crippen MR) is 26.6 cm³/mol. The van der Waals surface area contributed by atoms with Crippen LogP contribution in [-0.2, 0) is 11.3 Å². The Labute approximate surface area is 47.3 Å². The molecule has 43 valence electrons. The van der Waals surface area contributed by atoms with Crippen LogP contribution in [0.25, 0.3) is 0 Å². The lowest BCUT2D eigenvalue weighted by atomic mass is 10.5. The van der Waals surface area contributed by atoms with Gasteiger partial charge >= 0.3 is 0 Å². The van der Waals surface area contributed by atoms with E-state index in [1.807, 2.05) is 0 Å². The third kappa shape index (κ3) is 1.07. The van der Waals surface area contributed by atoms with Crippen LogP contribution in [0.4, 0.5) is 0 Å². The summed E-state index contributed by atoms with van der Waals surface area (Å²) >= 11 is 0. The minimum atomic E-state index is 0.413. The molecule has 0 aliphatic heterocycles. The molecule has 0 saturated carbocycles. The van der Waals surface area contributed by atoms with Crippen molar-refractivity contribution in [3.05, 3.63) is 25.5 Å². The Hall–Kier alpha value is -0.830. The SMILES string of the molecule is [CH2]OCc1cocn1. The van der Waals surface area contributed by atoms with Crippen molar-refractivity contribution in [1.82, 2.24) is 4.98 Å². The molecule has 8 heavy (non-hydrogen) atoms. The third-order valence-corrected chi connectivity index (χ3v) is 0.733. The minimum Gasteiger partial charge on any atom is -0.451 e. The van der Waals surface area contributed by atoms with Crippen LogP contribution in [0.15, 0.2) is 17.1 Å². The average molecular weight is 112 g/mol. The fourth-order valence-electron chi connectivity index (χ4n) is 0.413. The molecule has 1 heterocycles. The van der Waals surface area contributed by atoms with Gasteiger partial charge in [0, 0.05) is 0 Å². The van der Waals surface area contributed by atoms with Crippen LogP contribution in [0.3, 0.4) is 0 Å². The number of nitrogens with zero attached hydrogens (tertiary/aromatic N) is 1. The average Bonchev–Trinajstić information content (AvgIpc) is 2.19. The summed E-state index contributed by atoms with van der Waals surface area (Å²) in [4.78, 5) is 3.77. The van der Waals surface area contributed by atoms with Crippen molar-refractivity contribution in [3.63, 3.8) is 0 Å². The summed E-state index contributed by atoms with van der Waals surface area (Å²) < 4.78 is 9.16. The molecule has 1 aromatic rings. The first-order chi connectivity index (χ1) is 3.93. The first kappa shape index (κ1) is 5.31. The first-order valence-electron chi connectivity index (χ1n) is 2.17. The van der Waals surface area contributed by atoms with Crippen LogP contribution in [-0.4, -0.2) is 4.98 Å². The summed E-state index contributed by atoms with van der Waals surface area (Å²) in [6.07, 6.45) is 2.87. The van der Waals surface area contributed by atoms with E-state index in [4.69, 9.17) is 0 Å². The zero-order valence-corrected chi connectivity index (χ0v) is 4.33. The highest BCUT2D eigenvalue weighted by atomic mass is 16.5. The van der Waals surface area contributed by atoms with Gasteiger partial charge in [-0.2, -0.15) is 0 Å². The maximum atomic E-state index is 4.65. The molecule has 3 nitrogen and oxygen atoms in total. The summed E-state index contributed by atoms with van der Waals surface area (Å²) in [5, 5.41) is 0. The lowest BCUT2D eigenvalue weighted by Crippen LogP contribution is -1.82. The monoisotopic (exact) mass is 112 g/mol. The van der Waals surface area contributed by atoms with Crippen molar-refractivity contribution in [1.29, 1.82) is 0 Å². The Morgan fingerprint density at radius 2 is 2.75 bits per heavy atom. The molecular formula is C5H6NO2. The van der Waals surface area contributed by atoms with Crippen LogP contribution in [0, 0.1) is 7.11 Å². The van der Waals surface area contributed by atoms with Crippen LogP contribution in [0.2, 0.25) is 0 Å². The molecule has 0 aliphatic rings. The molecule has 0 aliphatic carbocycles. The van der Waals surface area contributed by atoms with Gasteiger partial charge < -0.3 is 9.15 Å². The number of aromatic nitrogens is 1. The van der Waals surface area contributed by atoms with E-state index in [9.17, 15) is 0 Å². The van der Waals surface area contributed by atoms with Crippen molar-refractivity contribution in [2.75, 3.05) is 0 Å². The van der Waals surface area contributed by atoms with Crippen molar-refractivity contribution >= 4 is 0 Å². The second-order valence-electron chi connectivity index (χ2n) is 1.33. The highest BCUT2D eigenvalue weighted by molar-refractivity contribution is 4.87. The van der Waals surface area contributed by atoms with Gasteiger partial charge in [0.1, 0.15) is 12.0 Å². The van der Waals surface area contributed by atoms with E-state index in [0.717, 1.165) is 5.69 Å². The number of ether oxygens (including phenoxy) is 1. The van der Waals surface area contributed by atoms with Gasteiger partial charge in [0.15, 0.2) is 6.39 Å². The lowest BCUT2D eigenvalue weighted by Gasteiger charge is -1.86. The second-order valence-corrected chi connectivity index (χ2v) is 1.33. The lowest BCUT2D eigenvalue weighted by molar-refractivity contribution is 0.225. The summed E-state index contributed by atoms with van der Waals surface area (Å²) in [6, 6.07) is 0. The summed E-state index contributed by atoms with van der Waals surface area (Å²) in [5.74, 6) is 0. The van der Waals surface area contributed by atoms with E-state index in [0.29, 0.717) is 6.61 Å². The molecule has 0 unspecified atom stereocenters. The topological polar surface area (TPSA) is 35.3 Å². The highest BCUT2D eigenvalue weighted by Crippen LogP contribution is 1.94. The molecular weight excluding hydrogens is 106 g/mol. The van der Waals surface area contributed by atoms with E-state index < -0.39 is 0 Å². The van der Waals surface area contributed by atoms with Crippen molar-refractivity contribution < 1.29 is 9.15 Å². The molecule has 1 aromatic heterocycles. The van der Waals surface area contributed by atoms with Crippen LogP contribution in [0.1, 0.15) is 5.69 Å². The first-order valence-corrected chi connectivity index (χ1v) is 2.17. The van der Waals surface area contributed by atoms with Crippen molar-refractivity contribution in [2.24, 2.45) is 0 Å². The quantitative estimate of drug-likeness (QED) is 0.572. The van der Waals surface area contributed by atoms with E-state index in [2.05, 4.69) is 21.2 Å². The smallest absolute Gasteiger partial charge is 0.180 e. The molecule has 0 aromatic carbocycles. The maximum absolute atomic E-state index is 4.65. The van der Waals surface area contributed by atoms with Gasteiger partial charge in [0.2, 0.25) is 0 Å². The zero-order valence-electron chi connectivity index (χ0n) is 4.33. The zero-order chi connectivity index (χ0) is 5.82. The molecule has 0 fully saturated rings. The molecule has 0 bridgehead atoms. The molecule has 1 rings (SSSR count).